The number of imidazole rings is 1. The number of nitrogens with zero attached hydrogens (tertiary/aromatic N) is 3. The summed E-state index contributed by atoms with van der Waals surface area (Å²) in [4.78, 5) is 17.8. The lowest BCUT2D eigenvalue weighted by Crippen LogP contribution is -2.27. The largest absolute Gasteiger partial charge is 0.478 e. The van der Waals surface area contributed by atoms with Crippen LogP contribution in [0.2, 0.25) is 0 Å². The fraction of sp³-hybridized carbons (Fsp3) is 0.500. The van der Waals surface area contributed by atoms with Crippen LogP contribution in [0, 0.1) is 0 Å². The van der Waals surface area contributed by atoms with Crippen LogP contribution >= 0.6 is 0 Å². The number of carbonyl (C=O) groups is 1. The molecule has 0 aliphatic rings. The van der Waals surface area contributed by atoms with Crippen LogP contribution in [0.15, 0.2) is 18.2 Å². The molecule has 0 saturated heterocycles. The van der Waals surface area contributed by atoms with E-state index < -0.39 is 12.1 Å². The van der Waals surface area contributed by atoms with Gasteiger partial charge in [-0.1, -0.05) is 13.8 Å². The smallest absolute Gasteiger partial charge is 0.335 e. The molecule has 1 aromatic heterocycles. The second-order valence-electron chi connectivity index (χ2n) is 5.33. The van der Waals surface area contributed by atoms with Crippen LogP contribution in [0.5, 0.6) is 0 Å². The zero-order valence-electron chi connectivity index (χ0n) is 13.3. The number of aliphatic hydroxyl groups is 1. The second kappa shape index (κ2) is 6.89. The van der Waals surface area contributed by atoms with Gasteiger partial charge in [-0.2, -0.15) is 0 Å². The molecule has 120 valence electrons. The molecule has 22 heavy (non-hydrogen) atoms. The summed E-state index contributed by atoms with van der Waals surface area (Å²) in [5.41, 5.74) is 1.67. The third-order valence-corrected chi connectivity index (χ3v) is 3.93. The van der Waals surface area contributed by atoms with Crippen LogP contribution in [0.3, 0.4) is 0 Å². The van der Waals surface area contributed by atoms with Crippen molar-refractivity contribution in [3.63, 3.8) is 0 Å². The number of carboxylic acid groups (broad SMARTS) is 1. The van der Waals surface area contributed by atoms with E-state index in [0.717, 1.165) is 25.2 Å². The molecule has 6 heteroatoms. The van der Waals surface area contributed by atoms with Crippen LogP contribution in [0.1, 0.15) is 43.1 Å². The van der Waals surface area contributed by atoms with Crippen LogP contribution < -0.4 is 0 Å². The van der Waals surface area contributed by atoms with Gasteiger partial charge >= 0.3 is 5.97 Å². The molecule has 1 unspecified atom stereocenters. The first-order chi connectivity index (χ1) is 10.5. The predicted molar refractivity (Wildman–Crippen MR) is 85.1 cm³/mol. The highest BCUT2D eigenvalue weighted by molar-refractivity contribution is 5.92. The Hall–Kier alpha value is -1.92. The van der Waals surface area contributed by atoms with Crippen molar-refractivity contribution in [2.75, 3.05) is 19.6 Å². The Labute approximate surface area is 130 Å². The van der Waals surface area contributed by atoms with Crippen LogP contribution in [-0.2, 0) is 6.54 Å². The topological polar surface area (TPSA) is 78.6 Å². The molecule has 1 aromatic carbocycles. The Kier molecular flexibility index (Phi) is 5.15. The molecule has 2 aromatic rings. The summed E-state index contributed by atoms with van der Waals surface area (Å²) in [6.45, 7) is 9.41. The van der Waals surface area contributed by atoms with Gasteiger partial charge in [-0.15, -0.1) is 0 Å². The van der Waals surface area contributed by atoms with Crippen molar-refractivity contribution in [1.29, 1.82) is 0 Å². The van der Waals surface area contributed by atoms with E-state index in [-0.39, 0.29) is 5.56 Å². The van der Waals surface area contributed by atoms with E-state index in [1.54, 1.807) is 25.1 Å². The Morgan fingerprint density at radius 2 is 2.05 bits per heavy atom. The van der Waals surface area contributed by atoms with Crippen LogP contribution in [0.25, 0.3) is 11.0 Å². The number of hydrogen-bond acceptors (Lipinski definition) is 4. The minimum atomic E-state index is -0.974. The molecule has 6 nitrogen and oxygen atoms in total. The van der Waals surface area contributed by atoms with Crippen molar-refractivity contribution in [2.45, 2.75) is 33.4 Å². The van der Waals surface area contributed by atoms with Gasteiger partial charge in [-0.25, -0.2) is 9.78 Å². The maximum atomic E-state index is 11.1. The van der Waals surface area contributed by atoms with Crippen molar-refractivity contribution in [3.8, 4) is 0 Å². The van der Waals surface area contributed by atoms with E-state index in [1.165, 1.54) is 0 Å². The molecule has 0 amide bonds. The maximum absolute atomic E-state index is 11.1. The van der Waals surface area contributed by atoms with E-state index in [9.17, 15) is 9.90 Å². The maximum Gasteiger partial charge on any atom is 0.335 e. The van der Waals surface area contributed by atoms with Crippen molar-refractivity contribution >= 4 is 17.0 Å². The van der Waals surface area contributed by atoms with E-state index in [2.05, 4.69) is 23.7 Å². The van der Waals surface area contributed by atoms with E-state index >= 15 is 0 Å². The molecule has 0 spiro atoms. The fourth-order valence-corrected chi connectivity index (χ4v) is 2.62. The highest BCUT2D eigenvalue weighted by Crippen LogP contribution is 2.22. The Bertz CT molecular complexity index is 660. The minimum absolute atomic E-state index is 0.207. The highest BCUT2D eigenvalue weighted by Gasteiger charge is 2.16. The second-order valence-corrected chi connectivity index (χ2v) is 5.33. The van der Waals surface area contributed by atoms with Gasteiger partial charge in [0.15, 0.2) is 0 Å². The molecule has 0 bridgehead atoms. The van der Waals surface area contributed by atoms with Gasteiger partial charge in [0.1, 0.15) is 11.9 Å². The molecule has 0 aliphatic heterocycles. The molecule has 1 atom stereocenters. The summed E-state index contributed by atoms with van der Waals surface area (Å²) in [6.07, 6.45) is -0.697. The molecule has 0 aliphatic carbocycles. The summed E-state index contributed by atoms with van der Waals surface area (Å²) in [5.74, 6) is -0.400. The quantitative estimate of drug-likeness (QED) is 0.819. The summed E-state index contributed by atoms with van der Waals surface area (Å²) in [5, 5.41) is 19.0. The Morgan fingerprint density at radius 1 is 1.36 bits per heavy atom. The SMILES string of the molecule is CCN(CC)CCn1c(C(C)O)nc2cc(C(=O)O)ccc21. The van der Waals surface area contributed by atoms with E-state index in [0.29, 0.717) is 17.9 Å². The zero-order chi connectivity index (χ0) is 16.3. The first-order valence-corrected chi connectivity index (χ1v) is 7.61. The first-order valence-electron chi connectivity index (χ1n) is 7.61. The summed E-state index contributed by atoms with van der Waals surface area (Å²) in [7, 11) is 0. The number of carboxylic acids is 1. The van der Waals surface area contributed by atoms with Gasteiger partial charge in [0.05, 0.1) is 16.6 Å². The van der Waals surface area contributed by atoms with Gasteiger partial charge in [-0.05, 0) is 38.2 Å². The van der Waals surface area contributed by atoms with Gasteiger partial charge in [0.2, 0.25) is 0 Å². The summed E-state index contributed by atoms with van der Waals surface area (Å²) < 4.78 is 1.98. The summed E-state index contributed by atoms with van der Waals surface area (Å²) in [6, 6.07) is 4.89. The molecule has 2 rings (SSSR count). The molecule has 2 N–H and O–H groups in total. The van der Waals surface area contributed by atoms with Gasteiger partial charge < -0.3 is 19.7 Å². The number of likely N-dealkylation sites (N-methyl/N-ethyl adjacent to an activating group) is 1. The molecule has 0 fully saturated rings. The summed E-state index contributed by atoms with van der Waals surface area (Å²) >= 11 is 0. The lowest BCUT2D eigenvalue weighted by Gasteiger charge is -2.19. The standard InChI is InChI=1S/C16H23N3O3/c1-4-18(5-2)8-9-19-14-7-6-12(16(21)22)10-13(14)17-15(19)11(3)20/h6-7,10-11,20H,4-5,8-9H2,1-3H3,(H,21,22). The lowest BCUT2D eigenvalue weighted by molar-refractivity contribution is 0.0697. The molecular weight excluding hydrogens is 282 g/mol. The molecule has 0 saturated carbocycles. The van der Waals surface area contributed by atoms with E-state index in [4.69, 9.17) is 5.11 Å². The van der Waals surface area contributed by atoms with Gasteiger partial charge in [-0.3, -0.25) is 0 Å². The minimum Gasteiger partial charge on any atom is -0.478 e. The third kappa shape index (κ3) is 3.28. The normalized spacial score (nSPS) is 13.0. The van der Waals surface area contributed by atoms with Crippen LogP contribution in [0.4, 0.5) is 0 Å². The van der Waals surface area contributed by atoms with Crippen molar-refractivity contribution in [1.82, 2.24) is 14.5 Å². The number of aliphatic hydroxyl groups excluding tert-OH is 1. The zero-order valence-corrected chi connectivity index (χ0v) is 13.3. The van der Waals surface area contributed by atoms with E-state index in [1.807, 2.05) is 4.57 Å². The van der Waals surface area contributed by atoms with Gasteiger partial charge in [0, 0.05) is 13.1 Å². The van der Waals surface area contributed by atoms with Crippen molar-refractivity contribution in [3.05, 3.63) is 29.6 Å². The predicted octanol–water partition coefficient (Wildman–Crippen LogP) is 2.13. The molecular formula is C16H23N3O3. The number of benzene rings is 1. The van der Waals surface area contributed by atoms with Crippen LogP contribution in [-0.4, -0.2) is 50.3 Å². The average molecular weight is 305 g/mol. The Balaban J connectivity index is 2.41. The number of rotatable bonds is 7. The fourth-order valence-electron chi connectivity index (χ4n) is 2.62. The number of fused-ring (bicyclic) bond motifs is 1. The average Bonchev–Trinajstić information content (AvgIpc) is 2.86. The molecule has 0 radical (unpaired) electrons. The number of aromatic carboxylic acids is 1. The molecule has 1 heterocycles. The monoisotopic (exact) mass is 305 g/mol. The lowest BCUT2D eigenvalue weighted by atomic mass is 10.2. The number of hydrogen-bond donors (Lipinski definition) is 2. The highest BCUT2D eigenvalue weighted by atomic mass is 16.4. The van der Waals surface area contributed by atoms with Crippen molar-refractivity contribution < 1.29 is 15.0 Å². The number of aromatic nitrogens is 2. The first kappa shape index (κ1) is 16.5. The Morgan fingerprint density at radius 3 is 2.59 bits per heavy atom. The van der Waals surface area contributed by atoms with Crippen molar-refractivity contribution in [2.24, 2.45) is 0 Å². The van der Waals surface area contributed by atoms with Gasteiger partial charge in [0.25, 0.3) is 0 Å². The third-order valence-electron chi connectivity index (χ3n) is 3.93.